The summed E-state index contributed by atoms with van der Waals surface area (Å²) in [5.41, 5.74) is 0.924. The van der Waals surface area contributed by atoms with Crippen LogP contribution in [-0.4, -0.2) is 57.6 Å². The van der Waals surface area contributed by atoms with E-state index >= 15 is 0 Å². The first kappa shape index (κ1) is 23.0. The Kier molecular flexibility index (Phi) is 7.38. The summed E-state index contributed by atoms with van der Waals surface area (Å²) < 4.78 is 39.3. The fourth-order valence-electron chi connectivity index (χ4n) is 4.20. The highest BCUT2D eigenvalue weighted by Gasteiger charge is 2.39. The van der Waals surface area contributed by atoms with E-state index in [1.807, 2.05) is 13.8 Å². The van der Waals surface area contributed by atoms with Gasteiger partial charge in [0.15, 0.2) is 5.79 Å². The fourth-order valence-corrected chi connectivity index (χ4v) is 5.40. The van der Waals surface area contributed by atoms with Crippen LogP contribution in [-0.2, 0) is 24.3 Å². The van der Waals surface area contributed by atoms with Crippen molar-refractivity contribution in [2.75, 3.05) is 31.2 Å². The third-order valence-electron chi connectivity index (χ3n) is 5.87. The van der Waals surface area contributed by atoms with Gasteiger partial charge >= 0.3 is 5.97 Å². The molecule has 0 radical (unpaired) electrons. The third-order valence-corrected chi connectivity index (χ3v) is 7.35. The zero-order chi connectivity index (χ0) is 21.8. The highest BCUT2D eigenvalue weighted by molar-refractivity contribution is 7.89. The Balaban J connectivity index is 1.63. The number of carboxylic acids is 1. The lowest BCUT2D eigenvalue weighted by atomic mass is 9.98. The molecule has 2 aliphatic heterocycles. The van der Waals surface area contributed by atoms with Gasteiger partial charge in [0, 0.05) is 31.6 Å². The normalized spacial score (nSPS) is 20.9. The number of ether oxygens (including phenoxy) is 2. The molecule has 0 saturated carbocycles. The van der Waals surface area contributed by atoms with Gasteiger partial charge in [-0.25, -0.2) is 8.42 Å². The van der Waals surface area contributed by atoms with Crippen molar-refractivity contribution in [3.05, 3.63) is 24.3 Å². The fraction of sp³-hybridized carbons (Fsp3) is 0.667. The molecule has 1 aromatic rings. The van der Waals surface area contributed by atoms with Crippen LogP contribution in [0.25, 0.3) is 0 Å². The maximum atomic E-state index is 12.7. The van der Waals surface area contributed by atoms with Crippen LogP contribution in [0.3, 0.4) is 0 Å². The van der Waals surface area contributed by atoms with Crippen molar-refractivity contribution >= 4 is 21.7 Å². The Labute approximate surface area is 178 Å². The van der Waals surface area contributed by atoms with E-state index in [1.54, 1.807) is 12.1 Å². The van der Waals surface area contributed by atoms with Crippen molar-refractivity contribution in [1.82, 2.24) is 4.72 Å². The summed E-state index contributed by atoms with van der Waals surface area (Å²) >= 11 is 0. The van der Waals surface area contributed by atoms with Crippen LogP contribution in [0, 0.1) is 5.92 Å². The second-order valence-corrected chi connectivity index (χ2v) is 9.94. The zero-order valence-corrected chi connectivity index (χ0v) is 18.5. The number of benzene rings is 1. The molecule has 2 heterocycles. The lowest BCUT2D eigenvalue weighted by Crippen LogP contribution is -2.45. The summed E-state index contributed by atoms with van der Waals surface area (Å²) in [5.74, 6) is -1.49. The molecule has 2 N–H and O–H groups in total. The number of hydrogen-bond acceptors (Lipinski definition) is 6. The van der Waals surface area contributed by atoms with Crippen LogP contribution in [0.4, 0.5) is 5.69 Å². The number of hydrogen-bond donors (Lipinski definition) is 2. The maximum absolute atomic E-state index is 12.7. The summed E-state index contributed by atoms with van der Waals surface area (Å²) in [4.78, 5) is 13.8. The topological polar surface area (TPSA) is 105 Å². The van der Waals surface area contributed by atoms with Crippen molar-refractivity contribution in [3.63, 3.8) is 0 Å². The summed E-state index contributed by atoms with van der Waals surface area (Å²) in [6.45, 7) is 6.75. The molecule has 3 rings (SSSR count). The Morgan fingerprint density at radius 1 is 1.20 bits per heavy atom. The number of rotatable bonds is 9. The van der Waals surface area contributed by atoms with Crippen LogP contribution < -0.4 is 9.62 Å². The molecule has 0 amide bonds. The third kappa shape index (κ3) is 5.51. The van der Waals surface area contributed by atoms with E-state index in [1.165, 1.54) is 12.1 Å². The highest BCUT2D eigenvalue weighted by Crippen LogP contribution is 2.33. The van der Waals surface area contributed by atoms with E-state index in [0.29, 0.717) is 13.2 Å². The van der Waals surface area contributed by atoms with Crippen molar-refractivity contribution in [2.45, 2.75) is 62.7 Å². The predicted octanol–water partition coefficient (Wildman–Crippen LogP) is 2.59. The van der Waals surface area contributed by atoms with Crippen LogP contribution in [0.5, 0.6) is 0 Å². The van der Waals surface area contributed by atoms with Crippen LogP contribution in [0.1, 0.15) is 46.0 Å². The number of sulfonamides is 1. The number of piperidine rings is 1. The minimum Gasteiger partial charge on any atom is -0.480 e. The van der Waals surface area contributed by atoms with Gasteiger partial charge in [0.25, 0.3) is 0 Å². The van der Waals surface area contributed by atoms with Crippen LogP contribution >= 0.6 is 0 Å². The quantitative estimate of drug-likeness (QED) is 0.608. The Bertz CT molecular complexity index is 810. The summed E-state index contributed by atoms with van der Waals surface area (Å²) in [6.07, 6.45) is 3.58. The minimum absolute atomic E-state index is 0.0663. The number of nitrogens with zero attached hydrogens (tertiary/aromatic N) is 1. The van der Waals surface area contributed by atoms with Crippen molar-refractivity contribution in [1.29, 1.82) is 0 Å². The van der Waals surface area contributed by atoms with Gasteiger partial charge < -0.3 is 19.5 Å². The number of carboxylic acid groups (broad SMARTS) is 1. The second-order valence-electron chi connectivity index (χ2n) is 8.23. The van der Waals surface area contributed by atoms with E-state index in [2.05, 4.69) is 9.62 Å². The van der Waals surface area contributed by atoms with E-state index in [-0.39, 0.29) is 17.2 Å². The first-order valence-electron chi connectivity index (χ1n) is 10.6. The SMILES string of the molecule is CCCC(C)C[C@H](NS(=O)(=O)c1ccc(N2CCC3(CC2)OCCO3)cc1)C(=O)O. The smallest absolute Gasteiger partial charge is 0.321 e. The predicted molar refractivity (Wildman–Crippen MR) is 113 cm³/mol. The molecule has 1 spiro atoms. The first-order chi connectivity index (χ1) is 14.2. The zero-order valence-electron chi connectivity index (χ0n) is 17.7. The molecule has 9 heteroatoms. The van der Waals surface area contributed by atoms with E-state index in [0.717, 1.165) is 44.5 Å². The summed E-state index contributed by atoms with van der Waals surface area (Å²) in [7, 11) is -3.92. The lowest BCUT2D eigenvalue weighted by Gasteiger charge is -2.38. The minimum atomic E-state index is -3.92. The van der Waals surface area contributed by atoms with Gasteiger partial charge in [-0.1, -0.05) is 26.7 Å². The van der Waals surface area contributed by atoms with E-state index in [9.17, 15) is 18.3 Å². The molecular formula is C21H32N2O6S. The number of nitrogens with one attached hydrogen (secondary N) is 1. The van der Waals surface area contributed by atoms with Crippen LogP contribution in [0.15, 0.2) is 29.2 Å². The number of aliphatic carboxylic acids is 1. The first-order valence-corrected chi connectivity index (χ1v) is 12.1. The van der Waals surface area contributed by atoms with E-state index < -0.39 is 27.8 Å². The van der Waals surface area contributed by atoms with Gasteiger partial charge in [0.1, 0.15) is 6.04 Å². The molecule has 1 aromatic carbocycles. The van der Waals surface area contributed by atoms with E-state index in [4.69, 9.17) is 9.47 Å². The van der Waals surface area contributed by atoms with Crippen molar-refractivity contribution < 1.29 is 27.8 Å². The monoisotopic (exact) mass is 440 g/mol. The molecule has 0 aliphatic carbocycles. The summed E-state index contributed by atoms with van der Waals surface area (Å²) in [5, 5.41) is 9.45. The molecule has 8 nitrogen and oxygen atoms in total. The second kappa shape index (κ2) is 9.64. The molecule has 30 heavy (non-hydrogen) atoms. The molecule has 0 bridgehead atoms. The molecular weight excluding hydrogens is 408 g/mol. The van der Waals surface area contributed by atoms with Gasteiger partial charge in [-0.2, -0.15) is 4.72 Å². The summed E-state index contributed by atoms with van der Waals surface area (Å²) in [6, 6.07) is 5.44. The largest absolute Gasteiger partial charge is 0.480 e. The molecule has 168 valence electrons. The average molecular weight is 441 g/mol. The average Bonchev–Trinajstić information content (AvgIpc) is 3.16. The number of carbonyl (C=O) groups is 1. The Morgan fingerprint density at radius 3 is 2.33 bits per heavy atom. The van der Waals surface area contributed by atoms with Gasteiger partial charge in [0.2, 0.25) is 10.0 Å². The van der Waals surface area contributed by atoms with Gasteiger partial charge in [-0.05, 0) is 36.6 Å². The van der Waals surface area contributed by atoms with Crippen molar-refractivity contribution in [3.8, 4) is 0 Å². The van der Waals surface area contributed by atoms with Gasteiger partial charge in [0.05, 0.1) is 18.1 Å². The molecule has 0 aromatic heterocycles. The molecule has 2 fully saturated rings. The Morgan fingerprint density at radius 2 is 1.80 bits per heavy atom. The van der Waals surface area contributed by atoms with Crippen LogP contribution in [0.2, 0.25) is 0 Å². The molecule has 2 saturated heterocycles. The molecule has 1 unspecified atom stereocenters. The van der Waals surface area contributed by atoms with Crippen molar-refractivity contribution in [2.24, 2.45) is 5.92 Å². The van der Waals surface area contributed by atoms with Gasteiger partial charge in [-0.3, -0.25) is 4.79 Å². The Hall–Kier alpha value is -1.68. The standard InChI is InChI=1S/C21H32N2O6S/c1-3-4-16(2)15-19(20(24)25)22-30(26,27)18-7-5-17(6-8-18)23-11-9-21(10-12-23)28-13-14-29-21/h5-8,16,19,22H,3-4,9-15H2,1-2H3,(H,24,25)/t16?,19-/m0/s1. The maximum Gasteiger partial charge on any atom is 0.321 e. The lowest BCUT2D eigenvalue weighted by molar-refractivity contribution is -0.169. The highest BCUT2D eigenvalue weighted by atomic mass is 32.2. The number of anilines is 1. The molecule has 2 atom stereocenters. The van der Waals surface area contributed by atoms with Gasteiger partial charge in [-0.15, -0.1) is 0 Å². The molecule has 2 aliphatic rings.